The molecular weight excluding hydrogens is 447 g/mol. The maximum absolute atomic E-state index is 13.7. The van der Waals surface area contributed by atoms with Crippen LogP contribution in [0.1, 0.15) is 51.2 Å². The van der Waals surface area contributed by atoms with Crippen molar-refractivity contribution in [2.24, 2.45) is 0 Å². The van der Waals surface area contributed by atoms with Gasteiger partial charge in [-0.15, -0.1) is 0 Å². The van der Waals surface area contributed by atoms with Crippen LogP contribution < -0.4 is 10.9 Å². The third-order valence-electron chi connectivity index (χ3n) is 4.66. The number of esters is 1. The quantitative estimate of drug-likeness (QED) is 0.431. The van der Waals surface area contributed by atoms with Crippen molar-refractivity contribution in [1.29, 1.82) is 0 Å². The van der Waals surface area contributed by atoms with E-state index in [1.165, 1.54) is 64.4 Å². The SMILES string of the molecule is CC(C)c1nn2c(=O)cc(COC(=O)c3ccc(NC(=O)c4ccccc4F)cc3)nc2s1. The van der Waals surface area contributed by atoms with Gasteiger partial charge in [0.05, 0.1) is 16.8 Å². The summed E-state index contributed by atoms with van der Waals surface area (Å²) in [7, 11) is 0. The number of carbonyl (C=O) groups is 2. The van der Waals surface area contributed by atoms with Gasteiger partial charge >= 0.3 is 5.97 Å². The fourth-order valence-corrected chi connectivity index (χ4v) is 3.86. The predicted octanol–water partition coefficient (Wildman–Crippen LogP) is 4.02. The number of nitrogens with zero attached hydrogens (tertiary/aromatic N) is 3. The summed E-state index contributed by atoms with van der Waals surface area (Å²) >= 11 is 1.31. The third-order valence-corrected chi connectivity index (χ3v) is 5.86. The zero-order valence-corrected chi connectivity index (χ0v) is 18.6. The summed E-state index contributed by atoms with van der Waals surface area (Å²) in [4.78, 5) is 41.6. The highest BCUT2D eigenvalue weighted by atomic mass is 32.1. The van der Waals surface area contributed by atoms with Crippen molar-refractivity contribution in [2.75, 3.05) is 5.32 Å². The van der Waals surface area contributed by atoms with Gasteiger partial charge in [0.25, 0.3) is 11.5 Å². The van der Waals surface area contributed by atoms with Crippen LogP contribution in [0.25, 0.3) is 4.96 Å². The fraction of sp³-hybridized carbons (Fsp3) is 0.174. The van der Waals surface area contributed by atoms with Crippen LogP contribution in [0.4, 0.5) is 10.1 Å². The number of hydrogen-bond acceptors (Lipinski definition) is 7. The Balaban J connectivity index is 1.40. The summed E-state index contributed by atoms with van der Waals surface area (Å²) in [5.41, 5.74) is 0.538. The number of rotatable bonds is 6. The van der Waals surface area contributed by atoms with Crippen molar-refractivity contribution in [2.45, 2.75) is 26.4 Å². The highest BCUT2D eigenvalue weighted by Crippen LogP contribution is 2.20. The van der Waals surface area contributed by atoms with Gasteiger partial charge in [-0.3, -0.25) is 9.59 Å². The van der Waals surface area contributed by atoms with Gasteiger partial charge in [-0.05, 0) is 36.4 Å². The summed E-state index contributed by atoms with van der Waals surface area (Å²) in [6, 6.07) is 12.9. The van der Waals surface area contributed by atoms with Gasteiger partial charge in [-0.1, -0.05) is 37.3 Å². The second kappa shape index (κ2) is 9.29. The summed E-state index contributed by atoms with van der Waals surface area (Å²) < 4.78 is 20.2. The first-order valence-electron chi connectivity index (χ1n) is 10.0. The molecule has 8 nitrogen and oxygen atoms in total. The summed E-state index contributed by atoms with van der Waals surface area (Å²) in [6.45, 7) is 3.77. The Labute approximate surface area is 191 Å². The zero-order valence-electron chi connectivity index (χ0n) is 17.7. The molecular formula is C23H19FN4O4S. The van der Waals surface area contributed by atoms with Gasteiger partial charge in [-0.25, -0.2) is 14.2 Å². The van der Waals surface area contributed by atoms with Crippen LogP contribution in [0.2, 0.25) is 0 Å². The molecule has 0 aliphatic rings. The summed E-state index contributed by atoms with van der Waals surface area (Å²) in [6.07, 6.45) is 0. The van der Waals surface area contributed by atoms with Crippen molar-refractivity contribution >= 4 is 33.9 Å². The van der Waals surface area contributed by atoms with E-state index in [4.69, 9.17) is 4.74 Å². The Kier molecular flexibility index (Phi) is 6.27. The molecule has 10 heteroatoms. The molecule has 0 radical (unpaired) electrons. The highest BCUT2D eigenvalue weighted by molar-refractivity contribution is 7.16. The van der Waals surface area contributed by atoms with Crippen LogP contribution >= 0.6 is 11.3 Å². The minimum atomic E-state index is -0.625. The fourth-order valence-electron chi connectivity index (χ4n) is 2.93. The number of nitrogens with one attached hydrogen (secondary N) is 1. The van der Waals surface area contributed by atoms with Crippen molar-refractivity contribution in [3.63, 3.8) is 0 Å². The summed E-state index contributed by atoms with van der Waals surface area (Å²) in [5, 5.41) is 7.61. The molecule has 168 valence electrons. The number of benzene rings is 2. The van der Waals surface area contributed by atoms with Gasteiger partial charge < -0.3 is 10.1 Å². The van der Waals surface area contributed by atoms with Crippen LogP contribution in [0, 0.1) is 5.82 Å². The average Bonchev–Trinajstić information content (AvgIpc) is 3.23. The number of ether oxygens (including phenoxy) is 1. The number of carbonyl (C=O) groups excluding carboxylic acids is 2. The maximum Gasteiger partial charge on any atom is 0.338 e. The first kappa shape index (κ1) is 22.3. The lowest BCUT2D eigenvalue weighted by molar-refractivity contribution is 0.0467. The monoisotopic (exact) mass is 466 g/mol. The van der Waals surface area contributed by atoms with E-state index in [-0.39, 0.29) is 29.2 Å². The molecule has 0 unspecified atom stereocenters. The summed E-state index contributed by atoms with van der Waals surface area (Å²) in [5.74, 6) is -1.67. The molecule has 4 aromatic rings. The van der Waals surface area contributed by atoms with Crippen molar-refractivity contribution < 1.29 is 18.7 Å². The molecule has 33 heavy (non-hydrogen) atoms. The van der Waals surface area contributed by atoms with E-state index in [2.05, 4.69) is 15.4 Å². The smallest absolute Gasteiger partial charge is 0.338 e. The number of anilines is 1. The molecule has 0 saturated heterocycles. The molecule has 1 N–H and O–H groups in total. The van der Waals surface area contributed by atoms with E-state index in [1.807, 2.05) is 13.8 Å². The maximum atomic E-state index is 13.7. The molecule has 4 rings (SSSR count). The molecule has 0 bridgehead atoms. The average molecular weight is 466 g/mol. The number of hydrogen-bond donors (Lipinski definition) is 1. The topological polar surface area (TPSA) is 103 Å². The van der Waals surface area contributed by atoms with Gasteiger partial charge in [0.2, 0.25) is 4.96 Å². The molecule has 1 amide bonds. The minimum Gasteiger partial charge on any atom is -0.456 e. The molecule has 0 atom stereocenters. The standard InChI is InChI=1S/C23H19FN4O4S/c1-13(2)21-27-28-19(29)11-16(26-23(28)33-21)12-32-22(31)14-7-9-15(10-8-14)25-20(30)17-5-3-4-6-18(17)24/h3-11,13H,12H2,1-2H3,(H,25,30). The van der Waals surface area contributed by atoms with Crippen molar-refractivity contribution in [3.8, 4) is 0 Å². The Morgan fingerprint density at radius 3 is 2.58 bits per heavy atom. The van der Waals surface area contributed by atoms with Crippen LogP contribution in [0.3, 0.4) is 0 Å². The molecule has 0 saturated carbocycles. The van der Waals surface area contributed by atoms with E-state index in [1.54, 1.807) is 6.07 Å². The van der Waals surface area contributed by atoms with Crippen LogP contribution in [-0.4, -0.2) is 26.5 Å². The third kappa shape index (κ3) is 4.96. The van der Waals surface area contributed by atoms with Gasteiger partial charge in [0.1, 0.15) is 17.4 Å². The van der Waals surface area contributed by atoms with Crippen LogP contribution in [-0.2, 0) is 11.3 Å². The Bertz CT molecular complexity index is 1400. The zero-order chi connectivity index (χ0) is 23.5. The molecule has 2 heterocycles. The van der Waals surface area contributed by atoms with Crippen molar-refractivity contribution in [1.82, 2.24) is 14.6 Å². The second-order valence-electron chi connectivity index (χ2n) is 7.46. The molecule has 0 fully saturated rings. The molecule has 0 aliphatic carbocycles. The van der Waals surface area contributed by atoms with E-state index < -0.39 is 17.7 Å². The lowest BCUT2D eigenvalue weighted by Gasteiger charge is -2.08. The van der Waals surface area contributed by atoms with E-state index in [9.17, 15) is 18.8 Å². The number of amides is 1. The van der Waals surface area contributed by atoms with E-state index in [0.29, 0.717) is 16.3 Å². The normalized spacial score (nSPS) is 11.0. The number of fused-ring (bicyclic) bond motifs is 1. The Morgan fingerprint density at radius 2 is 1.88 bits per heavy atom. The minimum absolute atomic E-state index is 0.0807. The van der Waals surface area contributed by atoms with Gasteiger partial charge in [-0.2, -0.15) is 9.61 Å². The van der Waals surface area contributed by atoms with Gasteiger partial charge in [0, 0.05) is 17.7 Å². The lowest BCUT2D eigenvalue weighted by atomic mass is 10.1. The Morgan fingerprint density at radius 1 is 1.15 bits per heavy atom. The Hall–Kier alpha value is -3.92. The van der Waals surface area contributed by atoms with Crippen LogP contribution in [0.15, 0.2) is 59.4 Å². The lowest BCUT2D eigenvalue weighted by Crippen LogP contribution is -2.17. The molecule has 0 spiro atoms. The number of halogens is 1. The largest absolute Gasteiger partial charge is 0.456 e. The van der Waals surface area contributed by atoms with E-state index in [0.717, 1.165) is 5.01 Å². The number of aromatic nitrogens is 3. The van der Waals surface area contributed by atoms with E-state index >= 15 is 0 Å². The molecule has 2 aromatic carbocycles. The molecule has 0 aliphatic heterocycles. The first-order chi connectivity index (χ1) is 15.8. The highest BCUT2D eigenvalue weighted by Gasteiger charge is 2.14. The second-order valence-corrected chi connectivity index (χ2v) is 8.45. The molecule has 2 aromatic heterocycles. The first-order valence-corrected chi connectivity index (χ1v) is 10.9. The van der Waals surface area contributed by atoms with Gasteiger partial charge in [0.15, 0.2) is 0 Å². The van der Waals surface area contributed by atoms with Crippen molar-refractivity contribution in [3.05, 3.63) is 92.6 Å². The predicted molar refractivity (Wildman–Crippen MR) is 121 cm³/mol. The van der Waals surface area contributed by atoms with Crippen LogP contribution in [0.5, 0.6) is 0 Å².